The fourth-order valence-corrected chi connectivity index (χ4v) is 2.79. The second-order valence-electron chi connectivity index (χ2n) is 5.23. The number of rotatable bonds is 4. The van der Waals surface area contributed by atoms with Gasteiger partial charge in [0.2, 0.25) is 5.91 Å². The molecule has 21 heavy (non-hydrogen) atoms. The van der Waals surface area contributed by atoms with Gasteiger partial charge in [-0.15, -0.1) is 0 Å². The maximum absolute atomic E-state index is 11.9. The summed E-state index contributed by atoms with van der Waals surface area (Å²) in [4.78, 5) is 32.5. The quantitative estimate of drug-likeness (QED) is 0.855. The number of ether oxygens (including phenoxy) is 1. The van der Waals surface area contributed by atoms with E-state index in [1.54, 1.807) is 11.1 Å². The summed E-state index contributed by atoms with van der Waals surface area (Å²) in [5.41, 5.74) is 1.99. The minimum Gasteiger partial charge on any atom is -0.469 e. The summed E-state index contributed by atoms with van der Waals surface area (Å²) < 4.78 is 4.71. The van der Waals surface area contributed by atoms with E-state index in [0.717, 1.165) is 23.0 Å². The van der Waals surface area contributed by atoms with Crippen LogP contribution in [0, 0.1) is 5.92 Å². The summed E-state index contributed by atoms with van der Waals surface area (Å²) in [6.07, 6.45) is 4.66. The maximum atomic E-state index is 11.9. The Morgan fingerprint density at radius 3 is 3.24 bits per heavy atom. The van der Waals surface area contributed by atoms with Crippen molar-refractivity contribution in [1.82, 2.24) is 14.9 Å². The average Bonchev–Trinajstić information content (AvgIpc) is 3.08. The molecule has 1 aliphatic rings. The number of H-pyrrole nitrogens is 1. The summed E-state index contributed by atoms with van der Waals surface area (Å²) in [5.74, 6) is -0.613. The predicted molar refractivity (Wildman–Crippen MR) is 76.5 cm³/mol. The van der Waals surface area contributed by atoms with E-state index in [1.807, 2.05) is 18.3 Å². The molecule has 1 atom stereocenters. The van der Waals surface area contributed by atoms with Crippen molar-refractivity contribution in [1.29, 1.82) is 0 Å². The number of likely N-dealkylation sites (tertiary alicyclic amines) is 1. The number of carbonyl (C=O) groups excluding carboxylic acids is 2. The summed E-state index contributed by atoms with van der Waals surface area (Å²) in [6, 6.07) is 3.91. The van der Waals surface area contributed by atoms with Crippen molar-refractivity contribution in [3.63, 3.8) is 0 Å². The van der Waals surface area contributed by atoms with Gasteiger partial charge in [-0.3, -0.25) is 9.59 Å². The first-order valence-corrected chi connectivity index (χ1v) is 6.95. The number of aromatic nitrogens is 2. The normalized spacial score (nSPS) is 18.4. The highest BCUT2D eigenvalue weighted by molar-refractivity contribution is 5.87. The lowest BCUT2D eigenvalue weighted by atomic mass is 10.1. The monoisotopic (exact) mass is 287 g/mol. The van der Waals surface area contributed by atoms with Gasteiger partial charge in [0.15, 0.2) is 0 Å². The molecule has 0 spiro atoms. The topological polar surface area (TPSA) is 75.3 Å². The van der Waals surface area contributed by atoms with Crippen molar-refractivity contribution in [3.8, 4) is 0 Å². The highest BCUT2D eigenvalue weighted by atomic mass is 16.5. The molecule has 0 bridgehead atoms. The van der Waals surface area contributed by atoms with E-state index < -0.39 is 0 Å². The van der Waals surface area contributed by atoms with Gasteiger partial charge >= 0.3 is 5.97 Å². The third-order valence-corrected chi connectivity index (χ3v) is 3.94. The molecule has 0 saturated carbocycles. The van der Waals surface area contributed by atoms with E-state index in [9.17, 15) is 9.59 Å². The van der Waals surface area contributed by atoms with E-state index in [2.05, 4.69) is 9.97 Å². The van der Waals surface area contributed by atoms with E-state index in [4.69, 9.17) is 4.74 Å². The van der Waals surface area contributed by atoms with Crippen LogP contribution in [0.2, 0.25) is 0 Å². The van der Waals surface area contributed by atoms with Gasteiger partial charge in [0.25, 0.3) is 0 Å². The molecule has 1 amide bonds. The zero-order valence-electron chi connectivity index (χ0n) is 11.8. The number of carbonyl (C=O) groups is 2. The van der Waals surface area contributed by atoms with E-state index >= 15 is 0 Å². The van der Waals surface area contributed by atoms with Crippen molar-refractivity contribution in [3.05, 3.63) is 30.1 Å². The van der Waals surface area contributed by atoms with Crippen LogP contribution in [0.4, 0.5) is 0 Å². The first-order chi connectivity index (χ1) is 10.2. The van der Waals surface area contributed by atoms with Gasteiger partial charge in [0.05, 0.1) is 13.0 Å². The van der Waals surface area contributed by atoms with E-state index in [1.165, 1.54) is 7.11 Å². The molecule has 1 aliphatic heterocycles. The maximum Gasteiger partial charge on any atom is 0.310 e. The van der Waals surface area contributed by atoms with Crippen LogP contribution in [0.5, 0.6) is 0 Å². The molecule has 0 aromatic carbocycles. The SMILES string of the molecule is COC(=O)C1CC(=O)N(CCc2c[nH]c3ncccc23)C1. The summed E-state index contributed by atoms with van der Waals surface area (Å²) in [5, 5.41) is 1.08. The lowest BCUT2D eigenvalue weighted by Gasteiger charge is -2.15. The summed E-state index contributed by atoms with van der Waals surface area (Å²) in [7, 11) is 1.36. The van der Waals surface area contributed by atoms with Crippen molar-refractivity contribution < 1.29 is 14.3 Å². The van der Waals surface area contributed by atoms with E-state index in [-0.39, 0.29) is 24.2 Å². The molecule has 6 heteroatoms. The predicted octanol–water partition coefficient (Wildman–Crippen LogP) is 1.13. The number of hydrogen-bond donors (Lipinski definition) is 1. The van der Waals surface area contributed by atoms with Crippen molar-refractivity contribution in [2.45, 2.75) is 12.8 Å². The Hall–Kier alpha value is -2.37. The molecule has 2 aromatic heterocycles. The van der Waals surface area contributed by atoms with Crippen LogP contribution in [0.25, 0.3) is 11.0 Å². The Morgan fingerprint density at radius 1 is 1.57 bits per heavy atom. The van der Waals surface area contributed by atoms with E-state index in [0.29, 0.717) is 13.1 Å². The highest BCUT2D eigenvalue weighted by Crippen LogP contribution is 2.21. The molecule has 1 fully saturated rings. The molecule has 1 saturated heterocycles. The van der Waals surface area contributed by atoms with Crippen LogP contribution in [0.15, 0.2) is 24.5 Å². The van der Waals surface area contributed by atoms with Gasteiger partial charge in [0, 0.05) is 37.3 Å². The van der Waals surface area contributed by atoms with Crippen molar-refractivity contribution >= 4 is 22.9 Å². The Labute approximate surface area is 122 Å². The second kappa shape index (κ2) is 5.55. The van der Waals surface area contributed by atoms with Gasteiger partial charge in [0.1, 0.15) is 5.65 Å². The fourth-order valence-electron chi connectivity index (χ4n) is 2.79. The Kier molecular flexibility index (Phi) is 3.60. The van der Waals surface area contributed by atoms with Crippen molar-refractivity contribution in [2.75, 3.05) is 20.2 Å². The lowest BCUT2D eigenvalue weighted by Crippen LogP contribution is -2.28. The second-order valence-corrected chi connectivity index (χ2v) is 5.23. The minimum atomic E-state index is -0.327. The van der Waals surface area contributed by atoms with Gasteiger partial charge in [-0.05, 0) is 24.1 Å². The Bertz CT molecular complexity index is 680. The van der Waals surface area contributed by atoms with Crippen LogP contribution >= 0.6 is 0 Å². The zero-order chi connectivity index (χ0) is 14.8. The number of pyridine rings is 1. The Balaban J connectivity index is 1.65. The molecule has 3 heterocycles. The average molecular weight is 287 g/mol. The summed E-state index contributed by atoms with van der Waals surface area (Å²) in [6.45, 7) is 1.06. The molecule has 0 aliphatic carbocycles. The zero-order valence-corrected chi connectivity index (χ0v) is 11.8. The van der Waals surface area contributed by atoms with Crippen LogP contribution in [0.1, 0.15) is 12.0 Å². The number of amides is 1. The molecule has 3 rings (SSSR count). The minimum absolute atomic E-state index is 0.0170. The highest BCUT2D eigenvalue weighted by Gasteiger charge is 2.34. The molecular weight excluding hydrogens is 270 g/mol. The molecule has 1 unspecified atom stereocenters. The third kappa shape index (κ3) is 2.61. The number of esters is 1. The fraction of sp³-hybridized carbons (Fsp3) is 0.400. The first-order valence-electron chi connectivity index (χ1n) is 6.95. The molecule has 0 radical (unpaired) electrons. The number of fused-ring (bicyclic) bond motifs is 1. The third-order valence-electron chi connectivity index (χ3n) is 3.94. The lowest BCUT2D eigenvalue weighted by molar-refractivity contribution is -0.145. The summed E-state index contributed by atoms with van der Waals surface area (Å²) >= 11 is 0. The van der Waals surface area contributed by atoms with Crippen LogP contribution in [-0.2, 0) is 20.7 Å². The number of hydrogen-bond acceptors (Lipinski definition) is 4. The first kappa shape index (κ1) is 13.6. The number of methoxy groups -OCH3 is 1. The van der Waals surface area contributed by atoms with Gasteiger partial charge in [-0.25, -0.2) is 4.98 Å². The van der Waals surface area contributed by atoms with Gasteiger partial charge < -0.3 is 14.6 Å². The van der Waals surface area contributed by atoms with Crippen LogP contribution < -0.4 is 0 Å². The van der Waals surface area contributed by atoms with Crippen molar-refractivity contribution in [2.24, 2.45) is 5.92 Å². The Morgan fingerprint density at radius 2 is 2.43 bits per heavy atom. The largest absolute Gasteiger partial charge is 0.469 e. The standard InChI is InChI=1S/C15H17N3O3/c1-21-15(20)11-7-13(19)18(9-11)6-4-10-8-17-14-12(10)3-2-5-16-14/h2-3,5,8,11H,4,6-7,9H2,1H3,(H,16,17). The number of nitrogens with zero attached hydrogens (tertiary/aromatic N) is 2. The number of nitrogens with one attached hydrogen (secondary N) is 1. The smallest absolute Gasteiger partial charge is 0.310 e. The molecule has 2 aromatic rings. The van der Waals surface area contributed by atoms with Gasteiger partial charge in [-0.1, -0.05) is 0 Å². The number of aromatic amines is 1. The van der Waals surface area contributed by atoms with Crippen LogP contribution in [0.3, 0.4) is 0 Å². The van der Waals surface area contributed by atoms with Gasteiger partial charge in [-0.2, -0.15) is 0 Å². The molecule has 6 nitrogen and oxygen atoms in total. The molecular formula is C15H17N3O3. The molecule has 110 valence electrons. The van der Waals surface area contributed by atoms with Crippen LogP contribution in [-0.4, -0.2) is 46.9 Å². The molecule has 1 N–H and O–H groups in total.